The minimum Gasteiger partial charge on any atom is -0.361 e. The number of nitrogens with zero attached hydrogens (tertiary/aromatic N) is 2. The summed E-state index contributed by atoms with van der Waals surface area (Å²) >= 11 is 0. The number of hydrogen-bond acceptors (Lipinski definition) is 4. The Balaban J connectivity index is 1.77. The first-order valence-corrected chi connectivity index (χ1v) is 5.08. The van der Waals surface area contributed by atoms with Crippen LogP contribution in [0.2, 0.25) is 0 Å². The minimum atomic E-state index is 0.608. The Labute approximate surface area is 84.3 Å². The molecule has 0 radical (unpaired) electrons. The second-order valence-corrected chi connectivity index (χ2v) is 4.06. The normalized spacial score (nSPS) is 23.1. The Morgan fingerprint density at radius 2 is 2.57 bits per heavy atom. The molecule has 14 heavy (non-hydrogen) atoms. The molecule has 2 heterocycles. The number of aromatic nitrogens is 1. The van der Waals surface area contributed by atoms with Crippen molar-refractivity contribution in [1.29, 1.82) is 0 Å². The van der Waals surface area contributed by atoms with Gasteiger partial charge in [-0.3, -0.25) is 0 Å². The Morgan fingerprint density at radius 1 is 1.71 bits per heavy atom. The summed E-state index contributed by atoms with van der Waals surface area (Å²) in [5.74, 6) is 0.880. The summed E-state index contributed by atoms with van der Waals surface area (Å²) in [7, 11) is 2.15. The molecule has 0 bridgehead atoms. The third-order valence-electron chi connectivity index (χ3n) is 2.64. The van der Waals surface area contributed by atoms with E-state index in [1.54, 1.807) is 0 Å². The second kappa shape index (κ2) is 4.11. The number of hydrogen-bond donors (Lipinski definition) is 1. The van der Waals surface area contributed by atoms with Crippen molar-refractivity contribution >= 4 is 0 Å². The molecule has 1 atom stereocenters. The molecule has 1 N–H and O–H groups in total. The van der Waals surface area contributed by atoms with Gasteiger partial charge < -0.3 is 14.7 Å². The molecule has 1 unspecified atom stereocenters. The second-order valence-electron chi connectivity index (χ2n) is 4.06. The summed E-state index contributed by atoms with van der Waals surface area (Å²) in [6.45, 7) is 5.06. The molecule has 1 aromatic rings. The van der Waals surface area contributed by atoms with Gasteiger partial charge in [0.25, 0.3) is 0 Å². The standard InChI is InChI=1S/C10H17N3O/c1-8-5-10(12-14-8)6-11-9-3-4-13(2)7-9/h5,9,11H,3-4,6-7H2,1-2H3. The molecule has 0 spiro atoms. The van der Waals surface area contributed by atoms with Gasteiger partial charge in [-0.15, -0.1) is 0 Å². The Hall–Kier alpha value is -0.870. The summed E-state index contributed by atoms with van der Waals surface area (Å²) in [5, 5.41) is 7.42. The van der Waals surface area contributed by atoms with E-state index in [9.17, 15) is 0 Å². The molecule has 0 saturated carbocycles. The lowest BCUT2D eigenvalue weighted by Crippen LogP contribution is -2.31. The predicted octanol–water partition coefficient (Wildman–Crippen LogP) is 0.777. The first-order chi connectivity index (χ1) is 6.74. The van der Waals surface area contributed by atoms with Crippen LogP contribution in [-0.4, -0.2) is 36.2 Å². The van der Waals surface area contributed by atoms with E-state index in [-0.39, 0.29) is 0 Å². The first kappa shape index (κ1) is 9.68. The molecule has 1 aromatic heterocycles. The van der Waals surface area contributed by atoms with Crippen molar-refractivity contribution in [1.82, 2.24) is 15.4 Å². The van der Waals surface area contributed by atoms with Gasteiger partial charge in [-0.2, -0.15) is 0 Å². The average molecular weight is 195 g/mol. The van der Waals surface area contributed by atoms with Crippen LogP contribution in [0.15, 0.2) is 10.6 Å². The highest BCUT2D eigenvalue weighted by atomic mass is 16.5. The first-order valence-electron chi connectivity index (χ1n) is 5.08. The highest BCUT2D eigenvalue weighted by Crippen LogP contribution is 2.07. The fraction of sp³-hybridized carbons (Fsp3) is 0.700. The van der Waals surface area contributed by atoms with Crippen molar-refractivity contribution in [2.45, 2.75) is 25.9 Å². The van der Waals surface area contributed by atoms with Crippen molar-refractivity contribution in [2.75, 3.05) is 20.1 Å². The Morgan fingerprint density at radius 3 is 3.14 bits per heavy atom. The summed E-state index contributed by atoms with van der Waals surface area (Å²) < 4.78 is 5.00. The van der Waals surface area contributed by atoms with Gasteiger partial charge in [-0.1, -0.05) is 5.16 Å². The van der Waals surface area contributed by atoms with E-state index in [4.69, 9.17) is 4.52 Å². The quantitative estimate of drug-likeness (QED) is 0.773. The molecule has 1 aliphatic heterocycles. The Bertz CT molecular complexity index is 297. The molecule has 78 valence electrons. The van der Waals surface area contributed by atoms with Crippen molar-refractivity contribution in [2.24, 2.45) is 0 Å². The molecular formula is C10H17N3O. The van der Waals surface area contributed by atoms with Gasteiger partial charge in [0.2, 0.25) is 0 Å². The SMILES string of the molecule is Cc1cc(CNC2CCN(C)C2)no1. The fourth-order valence-electron chi connectivity index (χ4n) is 1.85. The van der Waals surface area contributed by atoms with E-state index >= 15 is 0 Å². The maximum absolute atomic E-state index is 5.00. The van der Waals surface area contributed by atoms with Gasteiger partial charge in [0, 0.05) is 25.2 Å². The summed E-state index contributed by atoms with van der Waals surface area (Å²) in [4.78, 5) is 2.34. The van der Waals surface area contributed by atoms with Gasteiger partial charge in [-0.05, 0) is 26.9 Å². The molecule has 0 aliphatic carbocycles. The minimum absolute atomic E-state index is 0.608. The molecule has 0 aromatic carbocycles. The van der Waals surface area contributed by atoms with Gasteiger partial charge in [-0.25, -0.2) is 0 Å². The van der Waals surface area contributed by atoms with Crippen LogP contribution < -0.4 is 5.32 Å². The molecule has 1 fully saturated rings. The molecule has 0 amide bonds. The zero-order valence-electron chi connectivity index (χ0n) is 8.79. The zero-order chi connectivity index (χ0) is 9.97. The maximum atomic E-state index is 5.00. The van der Waals surface area contributed by atoms with E-state index in [1.807, 2.05) is 13.0 Å². The van der Waals surface area contributed by atoms with E-state index in [1.165, 1.54) is 13.0 Å². The highest BCUT2D eigenvalue weighted by Gasteiger charge is 2.18. The zero-order valence-corrected chi connectivity index (χ0v) is 8.79. The van der Waals surface area contributed by atoms with Crippen molar-refractivity contribution < 1.29 is 4.52 Å². The molecular weight excluding hydrogens is 178 g/mol. The molecule has 1 saturated heterocycles. The topological polar surface area (TPSA) is 41.3 Å². The number of aryl methyl sites for hydroxylation is 1. The van der Waals surface area contributed by atoms with Crippen molar-refractivity contribution in [3.8, 4) is 0 Å². The lowest BCUT2D eigenvalue weighted by molar-refractivity contribution is 0.379. The highest BCUT2D eigenvalue weighted by molar-refractivity contribution is 5.03. The smallest absolute Gasteiger partial charge is 0.133 e. The van der Waals surface area contributed by atoms with E-state index in [0.29, 0.717) is 6.04 Å². The monoisotopic (exact) mass is 195 g/mol. The van der Waals surface area contributed by atoms with Crippen LogP contribution in [-0.2, 0) is 6.54 Å². The molecule has 2 rings (SSSR count). The summed E-state index contributed by atoms with van der Waals surface area (Å²) in [5.41, 5.74) is 0.997. The van der Waals surface area contributed by atoms with Gasteiger partial charge in [0.1, 0.15) is 5.76 Å². The van der Waals surface area contributed by atoms with Crippen LogP contribution in [0.25, 0.3) is 0 Å². The van der Waals surface area contributed by atoms with E-state index in [0.717, 1.165) is 24.5 Å². The molecule has 4 nitrogen and oxygen atoms in total. The van der Waals surface area contributed by atoms with Gasteiger partial charge in [0.15, 0.2) is 0 Å². The van der Waals surface area contributed by atoms with Crippen LogP contribution in [0.1, 0.15) is 17.9 Å². The largest absolute Gasteiger partial charge is 0.361 e. The van der Waals surface area contributed by atoms with Crippen LogP contribution in [0.5, 0.6) is 0 Å². The molecule has 1 aliphatic rings. The number of nitrogens with one attached hydrogen (secondary N) is 1. The van der Waals surface area contributed by atoms with Gasteiger partial charge in [0.05, 0.1) is 5.69 Å². The third-order valence-corrected chi connectivity index (χ3v) is 2.64. The Kier molecular flexibility index (Phi) is 2.84. The average Bonchev–Trinajstić information content (AvgIpc) is 2.72. The fourth-order valence-corrected chi connectivity index (χ4v) is 1.85. The number of rotatable bonds is 3. The molecule has 4 heteroatoms. The summed E-state index contributed by atoms with van der Waals surface area (Å²) in [6.07, 6.45) is 1.23. The van der Waals surface area contributed by atoms with Crippen molar-refractivity contribution in [3.05, 3.63) is 17.5 Å². The predicted molar refractivity (Wildman–Crippen MR) is 54.0 cm³/mol. The van der Waals surface area contributed by atoms with Crippen LogP contribution >= 0.6 is 0 Å². The lowest BCUT2D eigenvalue weighted by Gasteiger charge is -2.10. The number of likely N-dealkylation sites (N-methyl/N-ethyl adjacent to an activating group) is 1. The van der Waals surface area contributed by atoms with Crippen LogP contribution in [0.3, 0.4) is 0 Å². The van der Waals surface area contributed by atoms with Gasteiger partial charge >= 0.3 is 0 Å². The van der Waals surface area contributed by atoms with E-state index in [2.05, 4.69) is 22.4 Å². The van der Waals surface area contributed by atoms with E-state index < -0.39 is 0 Å². The number of likely N-dealkylation sites (tertiary alicyclic amines) is 1. The van der Waals surface area contributed by atoms with Crippen LogP contribution in [0.4, 0.5) is 0 Å². The maximum Gasteiger partial charge on any atom is 0.133 e. The summed E-state index contributed by atoms with van der Waals surface area (Å²) in [6, 6.07) is 2.59. The van der Waals surface area contributed by atoms with Crippen LogP contribution in [0, 0.1) is 6.92 Å². The lowest BCUT2D eigenvalue weighted by atomic mass is 10.2. The van der Waals surface area contributed by atoms with Crippen molar-refractivity contribution in [3.63, 3.8) is 0 Å². The third kappa shape index (κ3) is 2.33.